The minimum atomic E-state index is -0.635. The van der Waals surface area contributed by atoms with Gasteiger partial charge in [0.1, 0.15) is 5.60 Å². The summed E-state index contributed by atoms with van der Waals surface area (Å²) in [5, 5.41) is 3.59. The van der Waals surface area contributed by atoms with Crippen molar-refractivity contribution in [1.29, 1.82) is 0 Å². The zero-order valence-electron chi connectivity index (χ0n) is 13.1. The predicted molar refractivity (Wildman–Crippen MR) is 85.0 cm³/mol. The normalized spacial score (nSPS) is 11.7. The van der Waals surface area contributed by atoms with E-state index >= 15 is 0 Å². The number of nitrogens with zero attached hydrogens (tertiary/aromatic N) is 4. The number of amides is 1. The lowest BCUT2D eigenvalue weighted by Crippen LogP contribution is -2.40. The molecule has 1 rings (SSSR count). The molecule has 0 N–H and O–H groups in total. The van der Waals surface area contributed by atoms with E-state index in [1.807, 2.05) is 30.3 Å². The zero-order chi connectivity index (χ0) is 16.6. The number of hydrogen-bond acceptors (Lipinski definition) is 3. The topological polar surface area (TPSA) is 78.3 Å². The molecule has 0 spiro atoms. The molecule has 1 amide bonds. The van der Waals surface area contributed by atoms with Crippen LogP contribution in [0.3, 0.4) is 0 Å². The molecule has 0 aliphatic heterocycles. The Balaban J connectivity index is 3.12. The molecule has 0 aromatic heterocycles. The summed E-state index contributed by atoms with van der Waals surface area (Å²) in [6.45, 7) is 5.49. The molecule has 6 heteroatoms. The number of ether oxygens (including phenoxy) is 1. The molecule has 22 heavy (non-hydrogen) atoms. The van der Waals surface area contributed by atoms with Crippen molar-refractivity contribution in [3.8, 4) is 12.3 Å². The van der Waals surface area contributed by atoms with Crippen LogP contribution in [0.15, 0.2) is 35.4 Å². The standard InChI is InChI=1S/C16H20N4O2/c1-5-11-20(15(21)22-16(2,3)4)14(12-18-19-17)13-9-7-6-8-10-13/h1,6-10,14H,11-12H2,2-4H3/t14-/m1/s1. The monoisotopic (exact) mass is 300 g/mol. The predicted octanol–water partition coefficient (Wildman–Crippen LogP) is 3.91. The lowest BCUT2D eigenvalue weighted by atomic mass is 10.1. The number of hydrogen-bond donors (Lipinski definition) is 0. The van der Waals surface area contributed by atoms with Crippen LogP contribution in [-0.4, -0.2) is 29.7 Å². The Kier molecular flexibility index (Phi) is 6.30. The molecule has 0 radical (unpaired) electrons. The van der Waals surface area contributed by atoms with Gasteiger partial charge in [0, 0.05) is 4.91 Å². The van der Waals surface area contributed by atoms with Crippen LogP contribution in [0.4, 0.5) is 4.79 Å². The van der Waals surface area contributed by atoms with E-state index < -0.39 is 17.7 Å². The average Bonchev–Trinajstić information content (AvgIpc) is 2.45. The summed E-state index contributed by atoms with van der Waals surface area (Å²) < 4.78 is 5.39. The van der Waals surface area contributed by atoms with Crippen LogP contribution in [0.2, 0.25) is 0 Å². The lowest BCUT2D eigenvalue weighted by molar-refractivity contribution is 0.0196. The Morgan fingerprint density at radius 2 is 2.09 bits per heavy atom. The van der Waals surface area contributed by atoms with Crippen LogP contribution < -0.4 is 0 Å². The van der Waals surface area contributed by atoms with Crippen molar-refractivity contribution >= 4 is 6.09 Å². The zero-order valence-corrected chi connectivity index (χ0v) is 13.1. The summed E-state index contributed by atoms with van der Waals surface area (Å²) in [7, 11) is 0. The van der Waals surface area contributed by atoms with Gasteiger partial charge in [0.15, 0.2) is 0 Å². The molecule has 1 atom stereocenters. The SMILES string of the molecule is C#CCN(C(=O)OC(C)(C)C)[C@H](CN=[N+]=[N-])c1ccccc1. The first kappa shape index (κ1) is 17.4. The molecular weight excluding hydrogens is 280 g/mol. The second kappa shape index (κ2) is 7.96. The Hall–Kier alpha value is -2.64. The number of carbonyl (C=O) groups is 1. The highest BCUT2D eigenvalue weighted by atomic mass is 16.6. The Bertz CT molecular complexity index is 580. The fraction of sp³-hybridized carbons (Fsp3) is 0.438. The molecule has 0 saturated carbocycles. The highest BCUT2D eigenvalue weighted by Crippen LogP contribution is 2.23. The third-order valence-corrected chi connectivity index (χ3v) is 2.77. The number of carbonyl (C=O) groups excluding carboxylic acids is 1. The largest absolute Gasteiger partial charge is 0.444 e. The molecule has 0 unspecified atom stereocenters. The summed E-state index contributed by atoms with van der Waals surface area (Å²) in [5.74, 6) is 2.45. The van der Waals surface area contributed by atoms with Crippen LogP contribution >= 0.6 is 0 Å². The van der Waals surface area contributed by atoms with E-state index in [0.29, 0.717) is 0 Å². The van der Waals surface area contributed by atoms with Gasteiger partial charge < -0.3 is 4.74 Å². The van der Waals surface area contributed by atoms with Gasteiger partial charge in [-0.3, -0.25) is 4.90 Å². The van der Waals surface area contributed by atoms with Crippen molar-refractivity contribution in [3.05, 3.63) is 46.3 Å². The van der Waals surface area contributed by atoms with Crippen LogP contribution in [0.25, 0.3) is 10.4 Å². The summed E-state index contributed by atoms with van der Waals surface area (Å²) in [4.78, 5) is 16.6. The van der Waals surface area contributed by atoms with Crippen LogP contribution in [0.5, 0.6) is 0 Å². The lowest BCUT2D eigenvalue weighted by Gasteiger charge is -2.32. The van der Waals surface area contributed by atoms with Gasteiger partial charge >= 0.3 is 6.09 Å². The summed E-state index contributed by atoms with van der Waals surface area (Å²) >= 11 is 0. The van der Waals surface area contributed by atoms with Gasteiger partial charge in [0.05, 0.1) is 19.1 Å². The van der Waals surface area contributed by atoms with E-state index in [1.54, 1.807) is 20.8 Å². The Morgan fingerprint density at radius 1 is 1.45 bits per heavy atom. The first-order valence-corrected chi connectivity index (χ1v) is 6.88. The summed E-state index contributed by atoms with van der Waals surface area (Å²) in [6.07, 6.45) is 4.84. The fourth-order valence-corrected chi connectivity index (χ4v) is 1.89. The number of rotatable bonds is 5. The van der Waals surface area contributed by atoms with Gasteiger partial charge in [-0.25, -0.2) is 4.79 Å². The van der Waals surface area contributed by atoms with Crippen molar-refractivity contribution in [1.82, 2.24) is 4.90 Å². The maximum atomic E-state index is 12.4. The smallest absolute Gasteiger partial charge is 0.411 e. The number of terminal acetylenes is 1. The fourth-order valence-electron chi connectivity index (χ4n) is 1.89. The number of benzene rings is 1. The third kappa shape index (κ3) is 5.39. The van der Waals surface area contributed by atoms with Crippen molar-refractivity contribution < 1.29 is 9.53 Å². The second-order valence-electron chi connectivity index (χ2n) is 5.65. The van der Waals surface area contributed by atoms with Gasteiger partial charge in [-0.1, -0.05) is 41.4 Å². The van der Waals surface area contributed by atoms with Gasteiger partial charge in [0.25, 0.3) is 0 Å². The minimum Gasteiger partial charge on any atom is -0.444 e. The molecule has 0 heterocycles. The molecule has 0 bridgehead atoms. The molecule has 0 fully saturated rings. The summed E-state index contributed by atoms with van der Waals surface area (Å²) in [5.41, 5.74) is 8.78. The molecule has 116 valence electrons. The van der Waals surface area contributed by atoms with E-state index in [4.69, 9.17) is 16.7 Å². The quantitative estimate of drug-likeness (QED) is 0.357. The van der Waals surface area contributed by atoms with Crippen molar-refractivity contribution in [2.75, 3.05) is 13.1 Å². The van der Waals surface area contributed by atoms with E-state index in [2.05, 4.69) is 15.9 Å². The van der Waals surface area contributed by atoms with Crippen LogP contribution in [0, 0.1) is 12.3 Å². The summed E-state index contributed by atoms with van der Waals surface area (Å²) in [6, 6.07) is 8.80. The van der Waals surface area contributed by atoms with Gasteiger partial charge in [-0.05, 0) is 31.9 Å². The van der Waals surface area contributed by atoms with Crippen molar-refractivity contribution in [2.24, 2.45) is 5.11 Å². The van der Waals surface area contributed by atoms with Gasteiger partial charge in [-0.15, -0.1) is 6.42 Å². The van der Waals surface area contributed by atoms with E-state index in [9.17, 15) is 4.79 Å². The number of azide groups is 1. The third-order valence-electron chi connectivity index (χ3n) is 2.77. The maximum Gasteiger partial charge on any atom is 0.411 e. The molecule has 0 aliphatic rings. The highest BCUT2D eigenvalue weighted by molar-refractivity contribution is 5.69. The van der Waals surface area contributed by atoms with Crippen molar-refractivity contribution in [2.45, 2.75) is 32.4 Å². The first-order chi connectivity index (χ1) is 10.4. The molecule has 6 nitrogen and oxygen atoms in total. The van der Waals surface area contributed by atoms with E-state index in [1.165, 1.54) is 4.90 Å². The second-order valence-corrected chi connectivity index (χ2v) is 5.65. The molecule has 0 aliphatic carbocycles. The molecule has 1 aromatic carbocycles. The van der Waals surface area contributed by atoms with Gasteiger partial charge in [0.2, 0.25) is 0 Å². The average molecular weight is 300 g/mol. The first-order valence-electron chi connectivity index (χ1n) is 6.88. The van der Waals surface area contributed by atoms with Crippen molar-refractivity contribution in [3.63, 3.8) is 0 Å². The van der Waals surface area contributed by atoms with E-state index in [-0.39, 0.29) is 13.1 Å². The molecule has 1 aromatic rings. The maximum absolute atomic E-state index is 12.4. The molecular formula is C16H20N4O2. The molecule has 0 saturated heterocycles. The Labute approximate surface area is 130 Å². The van der Waals surface area contributed by atoms with Crippen LogP contribution in [0.1, 0.15) is 32.4 Å². The van der Waals surface area contributed by atoms with Crippen LogP contribution in [-0.2, 0) is 4.74 Å². The minimum absolute atomic E-state index is 0.0649. The Morgan fingerprint density at radius 3 is 2.59 bits per heavy atom. The highest BCUT2D eigenvalue weighted by Gasteiger charge is 2.28. The van der Waals surface area contributed by atoms with E-state index in [0.717, 1.165) is 5.56 Å². The van der Waals surface area contributed by atoms with Gasteiger partial charge in [-0.2, -0.15) is 0 Å².